The monoisotopic (exact) mass is 447 g/mol. The molecule has 1 aromatic carbocycles. The van der Waals surface area contributed by atoms with E-state index in [4.69, 9.17) is 0 Å². The molecule has 3 nitrogen and oxygen atoms in total. The molecule has 2 atom stereocenters. The predicted molar refractivity (Wildman–Crippen MR) is 133 cm³/mol. The number of aromatic amines is 1. The summed E-state index contributed by atoms with van der Waals surface area (Å²) < 4.78 is 13.5. The molecule has 5 rings (SSSR count). The smallest absolute Gasteiger partial charge is 0.123 e. The summed E-state index contributed by atoms with van der Waals surface area (Å²) in [5.41, 5.74) is 7.03. The first kappa shape index (κ1) is 21.5. The minimum Gasteiger partial charge on any atom is -0.360 e. The number of halogens is 1. The lowest BCUT2D eigenvalue weighted by Crippen LogP contribution is -2.32. The van der Waals surface area contributed by atoms with Crippen LogP contribution in [0, 0.1) is 5.82 Å². The molecule has 2 aromatic heterocycles. The molecule has 32 heavy (non-hydrogen) atoms. The van der Waals surface area contributed by atoms with E-state index in [0.29, 0.717) is 6.04 Å². The van der Waals surface area contributed by atoms with E-state index in [1.807, 2.05) is 24.5 Å². The standard InChI is InChI=1S/C27H30FN3S/c1-2-3-14-32-24-16-23-15-21(10-13-31(23)18-24)25-17-30-27(20-4-6-22(28)7-5-20)26(25)19-8-11-29-12-9-19/h4-9,11-12,15,17,23-24,30H,2-3,10,13-14,16,18H2,1H3/t23-,24+/m1/s1. The van der Waals surface area contributed by atoms with Crippen molar-refractivity contribution >= 4 is 17.3 Å². The first-order chi connectivity index (χ1) is 15.7. The zero-order valence-electron chi connectivity index (χ0n) is 18.6. The fourth-order valence-corrected chi connectivity index (χ4v) is 6.40. The second-order valence-corrected chi connectivity index (χ2v) is 10.2. The lowest BCUT2D eigenvalue weighted by atomic mass is 9.90. The van der Waals surface area contributed by atoms with E-state index in [-0.39, 0.29) is 5.82 Å². The Morgan fingerprint density at radius 3 is 2.72 bits per heavy atom. The minimum atomic E-state index is -0.214. The van der Waals surface area contributed by atoms with Crippen LogP contribution in [0.25, 0.3) is 28.0 Å². The van der Waals surface area contributed by atoms with Crippen LogP contribution in [0.3, 0.4) is 0 Å². The number of aromatic nitrogens is 2. The molecule has 0 spiro atoms. The van der Waals surface area contributed by atoms with Crippen LogP contribution in [0.15, 0.2) is 61.1 Å². The number of hydrogen-bond acceptors (Lipinski definition) is 3. The van der Waals surface area contributed by atoms with Crippen molar-refractivity contribution in [2.24, 2.45) is 0 Å². The molecule has 2 aliphatic heterocycles. The van der Waals surface area contributed by atoms with Gasteiger partial charge in [0.25, 0.3) is 0 Å². The first-order valence-corrected chi connectivity index (χ1v) is 12.7. The Balaban J connectivity index is 1.47. The molecule has 3 aromatic rings. The summed E-state index contributed by atoms with van der Waals surface area (Å²) in [6.07, 6.45) is 13.2. The maximum Gasteiger partial charge on any atom is 0.123 e. The molecular weight excluding hydrogens is 417 g/mol. The summed E-state index contributed by atoms with van der Waals surface area (Å²) >= 11 is 2.16. The summed E-state index contributed by atoms with van der Waals surface area (Å²) in [5.74, 6) is 1.07. The molecule has 0 radical (unpaired) electrons. The van der Waals surface area contributed by atoms with Gasteiger partial charge in [-0.05, 0) is 78.1 Å². The summed E-state index contributed by atoms with van der Waals surface area (Å²) in [5, 5.41) is 0.753. The highest BCUT2D eigenvalue weighted by atomic mass is 32.2. The van der Waals surface area contributed by atoms with E-state index in [1.54, 1.807) is 0 Å². The van der Waals surface area contributed by atoms with Crippen molar-refractivity contribution in [1.29, 1.82) is 0 Å². The van der Waals surface area contributed by atoms with Crippen LogP contribution in [-0.4, -0.2) is 45.0 Å². The van der Waals surface area contributed by atoms with Crippen LogP contribution >= 0.6 is 11.8 Å². The van der Waals surface area contributed by atoms with Crippen molar-refractivity contribution in [3.63, 3.8) is 0 Å². The van der Waals surface area contributed by atoms with Gasteiger partial charge < -0.3 is 4.98 Å². The molecule has 0 aliphatic carbocycles. The van der Waals surface area contributed by atoms with Crippen LogP contribution in [0.5, 0.6) is 0 Å². The lowest BCUT2D eigenvalue weighted by molar-refractivity contribution is 0.288. The number of unbranched alkanes of at least 4 members (excludes halogenated alkanes) is 1. The molecule has 0 amide bonds. The number of nitrogens with zero attached hydrogens (tertiary/aromatic N) is 2. The number of nitrogens with one attached hydrogen (secondary N) is 1. The van der Waals surface area contributed by atoms with Gasteiger partial charge in [0.2, 0.25) is 0 Å². The van der Waals surface area contributed by atoms with Crippen LogP contribution in [-0.2, 0) is 0 Å². The Hall–Kier alpha value is -2.37. The summed E-state index contributed by atoms with van der Waals surface area (Å²) in [7, 11) is 0. The van der Waals surface area contributed by atoms with Gasteiger partial charge in [-0.25, -0.2) is 4.39 Å². The quantitative estimate of drug-likeness (QED) is 0.412. The Labute approximate surface area is 194 Å². The summed E-state index contributed by atoms with van der Waals surface area (Å²) in [4.78, 5) is 10.4. The van der Waals surface area contributed by atoms with Gasteiger partial charge in [-0.15, -0.1) is 0 Å². The maximum atomic E-state index is 13.5. The van der Waals surface area contributed by atoms with E-state index >= 15 is 0 Å². The molecule has 0 unspecified atom stereocenters. The summed E-state index contributed by atoms with van der Waals surface area (Å²) in [6.45, 7) is 4.60. The van der Waals surface area contributed by atoms with E-state index in [2.05, 4.69) is 58.0 Å². The van der Waals surface area contributed by atoms with Crippen LogP contribution < -0.4 is 0 Å². The highest BCUT2D eigenvalue weighted by molar-refractivity contribution is 7.99. The number of H-pyrrole nitrogens is 1. The number of rotatable bonds is 7. The van der Waals surface area contributed by atoms with Gasteiger partial charge in [0.05, 0.1) is 5.69 Å². The van der Waals surface area contributed by atoms with Gasteiger partial charge in [-0.1, -0.05) is 19.4 Å². The third-order valence-electron chi connectivity index (χ3n) is 6.65. The van der Waals surface area contributed by atoms with E-state index < -0.39 is 0 Å². The van der Waals surface area contributed by atoms with Crippen LogP contribution in [0.1, 0.15) is 38.2 Å². The van der Waals surface area contributed by atoms with Gasteiger partial charge in [-0.2, -0.15) is 11.8 Å². The van der Waals surface area contributed by atoms with E-state index in [9.17, 15) is 4.39 Å². The number of benzene rings is 1. The molecule has 0 bridgehead atoms. The molecule has 1 saturated heterocycles. The zero-order chi connectivity index (χ0) is 21.9. The molecule has 0 saturated carbocycles. The number of hydrogen-bond donors (Lipinski definition) is 1. The Kier molecular flexibility index (Phi) is 6.47. The van der Waals surface area contributed by atoms with Gasteiger partial charge in [0.15, 0.2) is 0 Å². The average Bonchev–Trinajstić information content (AvgIpc) is 3.44. The van der Waals surface area contributed by atoms with Gasteiger partial charge in [0.1, 0.15) is 5.82 Å². The average molecular weight is 448 g/mol. The Morgan fingerprint density at radius 1 is 1.12 bits per heavy atom. The second kappa shape index (κ2) is 9.63. The van der Waals surface area contributed by atoms with E-state index in [0.717, 1.165) is 35.0 Å². The minimum absolute atomic E-state index is 0.214. The molecule has 4 heterocycles. The molecule has 2 aliphatic rings. The van der Waals surface area contributed by atoms with Gasteiger partial charge in [-0.3, -0.25) is 9.88 Å². The molecule has 1 N–H and O–H groups in total. The Bertz CT molecular complexity index is 1070. The third kappa shape index (κ3) is 4.41. The van der Waals surface area contributed by atoms with Crippen molar-refractivity contribution in [2.75, 3.05) is 18.8 Å². The van der Waals surface area contributed by atoms with Crippen molar-refractivity contribution in [1.82, 2.24) is 14.9 Å². The Morgan fingerprint density at radius 2 is 1.94 bits per heavy atom. The maximum absolute atomic E-state index is 13.5. The normalized spacial score (nSPS) is 20.9. The highest BCUT2D eigenvalue weighted by Crippen LogP contribution is 2.41. The SMILES string of the molecule is CCCCS[C@H]1C[C@H]2C=C(c3c[nH]c(-c4ccc(F)cc4)c3-c3ccncc3)CCN2C1. The zero-order valence-corrected chi connectivity index (χ0v) is 19.4. The van der Waals surface area contributed by atoms with Crippen LogP contribution in [0.2, 0.25) is 0 Å². The van der Waals surface area contributed by atoms with Crippen molar-refractivity contribution in [3.05, 3.63) is 72.4 Å². The number of fused-ring (bicyclic) bond motifs is 1. The summed E-state index contributed by atoms with van der Waals surface area (Å²) in [6, 6.07) is 11.4. The van der Waals surface area contributed by atoms with Gasteiger partial charge >= 0.3 is 0 Å². The number of thioether (sulfide) groups is 1. The fraction of sp³-hybridized carbons (Fsp3) is 0.370. The largest absolute Gasteiger partial charge is 0.360 e. The van der Waals surface area contributed by atoms with Crippen molar-refractivity contribution < 1.29 is 4.39 Å². The highest BCUT2D eigenvalue weighted by Gasteiger charge is 2.34. The first-order valence-electron chi connectivity index (χ1n) is 11.7. The predicted octanol–water partition coefficient (Wildman–Crippen LogP) is 6.65. The number of pyridine rings is 1. The van der Waals surface area contributed by atoms with Crippen LogP contribution in [0.4, 0.5) is 4.39 Å². The second-order valence-electron chi connectivity index (χ2n) is 8.78. The van der Waals surface area contributed by atoms with Crippen molar-refractivity contribution in [2.45, 2.75) is 43.9 Å². The van der Waals surface area contributed by atoms with Crippen molar-refractivity contribution in [3.8, 4) is 22.4 Å². The van der Waals surface area contributed by atoms with E-state index in [1.165, 1.54) is 60.4 Å². The fourth-order valence-electron chi connectivity index (χ4n) is 4.98. The van der Waals surface area contributed by atoms with Gasteiger partial charge in [0, 0.05) is 54.1 Å². The lowest BCUT2D eigenvalue weighted by Gasteiger charge is -2.28. The third-order valence-corrected chi connectivity index (χ3v) is 7.99. The topological polar surface area (TPSA) is 31.9 Å². The molecule has 5 heteroatoms. The molecular formula is C27H30FN3S. The molecule has 166 valence electrons. The molecule has 1 fully saturated rings.